The van der Waals surface area contributed by atoms with E-state index >= 15 is 0 Å². The number of hydrogen-bond donors (Lipinski definition) is 1. The van der Waals surface area contributed by atoms with Gasteiger partial charge in [-0.3, -0.25) is 0 Å². The maximum atomic E-state index is 5.81. The van der Waals surface area contributed by atoms with Crippen LogP contribution in [0.25, 0.3) is 6.08 Å². The number of anilines is 2. The van der Waals surface area contributed by atoms with Gasteiger partial charge in [-0.05, 0) is 31.0 Å². The van der Waals surface area contributed by atoms with E-state index in [9.17, 15) is 0 Å². The van der Waals surface area contributed by atoms with E-state index in [4.69, 9.17) is 5.73 Å². The molecular weight excluding hydrogens is 184 g/mol. The van der Waals surface area contributed by atoms with Gasteiger partial charge >= 0.3 is 0 Å². The average Bonchev–Trinajstić information content (AvgIpc) is 2.21. The molecule has 15 heavy (non-hydrogen) atoms. The van der Waals surface area contributed by atoms with Gasteiger partial charge in [0.25, 0.3) is 0 Å². The molecule has 0 aliphatic carbocycles. The van der Waals surface area contributed by atoms with Crippen molar-refractivity contribution < 1.29 is 0 Å². The quantitative estimate of drug-likeness (QED) is 0.763. The minimum absolute atomic E-state index is 0.821. The Balaban J connectivity index is 3.06. The summed E-state index contributed by atoms with van der Waals surface area (Å²) in [5.74, 6) is 0. The first-order valence-corrected chi connectivity index (χ1v) is 5.42. The molecule has 0 saturated carbocycles. The number of rotatable bonds is 4. The van der Waals surface area contributed by atoms with Crippen LogP contribution in [0.5, 0.6) is 0 Å². The van der Waals surface area contributed by atoms with Gasteiger partial charge in [0.15, 0.2) is 0 Å². The van der Waals surface area contributed by atoms with Crippen molar-refractivity contribution in [2.24, 2.45) is 0 Å². The van der Waals surface area contributed by atoms with Gasteiger partial charge < -0.3 is 10.6 Å². The summed E-state index contributed by atoms with van der Waals surface area (Å²) in [5.41, 5.74) is 9.06. The summed E-state index contributed by atoms with van der Waals surface area (Å²) in [4.78, 5) is 2.24. The summed E-state index contributed by atoms with van der Waals surface area (Å²) in [7, 11) is 2.10. The van der Waals surface area contributed by atoms with E-state index in [1.165, 1.54) is 11.3 Å². The Morgan fingerprint density at radius 2 is 2.13 bits per heavy atom. The third-order valence-corrected chi connectivity index (χ3v) is 2.37. The normalized spacial score (nSPS) is 10.9. The Morgan fingerprint density at radius 1 is 1.40 bits per heavy atom. The van der Waals surface area contributed by atoms with Gasteiger partial charge in [0.05, 0.1) is 0 Å². The fraction of sp³-hybridized carbons (Fsp3) is 0.385. The Labute approximate surface area is 92.4 Å². The van der Waals surface area contributed by atoms with E-state index in [2.05, 4.69) is 37.1 Å². The van der Waals surface area contributed by atoms with Crippen LogP contribution >= 0.6 is 0 Å². The number of nitrogen functional groups attached to an aromatic ring is 1. The molecule has 1 aromatic carbocycles. The summed E-state index contributed by atoms with van der Waals surface area (Å²) in [6.07, 6.45) is 5.30. The van der Waals surface area contributed by atoms with Gasteiger partial charge in [0.1, 0.15) is 0 Å². The number of nitrogens with zero attached hydrogens (tertiary/aromatic N) is 1. The number of nitrogens with two attached hydrogens (primary N) is 1. The van der Waals surface area contributed by atoms with Crippen LogP contribution in [-0.4, -0.2) is 13.6 Å². The number of benzene rings is 1. The summed E-state index contributed by atoms with van der Waals surface area (Å²) in [6, 6.07) is 6.04. The lowest BCUT2D eigenvalue weighted by atomic mass is 10.1. The lowest BCUT2D eigenvalue weighted by Gasteiger charge is -2.21. The molecule has 2 heteroatoms. The summed E-state index contributed by atoms with van der Waals surface area (Å²) < 4.78 is 0. The second-order valence-corrected chi connectivity index (χ2v) is 3.74. The van der Waals surface area contributed by atoms with E-state index in [-0.39, 0.29) is 0 Å². The highest BCUT2D eigenvalue weighted by Gasteiger charge is 2.04. The SMILES string of the molecule is C/C=C\c1ccc(N)cc1N(C)CCC. The van der Waals surface area contributed by atoms with Crippen molar-refractivity contribution in [1.29, 1.82) is 0 Å². The van der Waals surface area contributed by atoms with Crippen LogP contribution in [0, 0.1) is 0 Å². The topological polar surface area (TPSA) is 29.3 Å². The first kappa shape index (κ1) is 11.6. The van der Waals surface area contributed by atoms with Crippen LogP contribution in [0.3, 0.4) is 0 Å². The van der Waals surface area contributed by atoms with Gasteiger partial charge in [-0.2, -0.15) is 0 Å². The first-order chi connectivity index (χ1) is 7.19. The van der Waals surface area contributed by atoms with Crippen LogP contribution in [0.15, 0.2) is 24.3 Å². The number of hydrogen-bond acceptors (Lipinski definition) is 2. The highest BCUT2D eigenvalue weighted by Crippen LogP contribution is 2.24. The zero-order valence-corrected chi connectivity index (χ0v) is 9.83. The zero-order chi connectivity index (χ0) is 11.3. The van der Waals surface area contributed by atoms with Gasteiger partial charge in [0, 0.05) is 25.0 Å². The molecule has 82 valence electrons. The molecule has 0 atom stereocenters. The predicted octanol–water partition coefficient (Wildman–Crippen LogP) is 3.15. The largest absolute Gasteiger partial charge is 0.399 e. The second kappa shape index (κ2) is 5.44. The van der Waals surface area contributed by atoms with E-state index in [1.807, 2.05) is 19.1 Å². The maximum Gasteiger partial charge on any atom is 0.0457 e. The lowest BCUT2D eigenvalue weighted by molar-refractivity contribution is 0.851. The second-order valence-electron chi connectivity index (χ2n) is 3.74. The molecule has 0 radical (unpaired) electrons. The molecular formula is C13H20N2. The molecule has 0 aliphatic rings. The fourth-order valence-corrected chi connectivity index (χ4v) is 1.67. The average molecular weight is 204 g/mol. The Kier molecular flexibility index (Phi) is 4.22. The van der Waals surface area contributed by atoms with Gasteiger partial charge in [-0.25, -0.2) is 0 Å². The monoisotopic (exact) mass is 204 g/mol. The molecule has 1 aromatic rings. The molecule has 2 N–H and O–H groups in total. The van der Waals surface area contributed by atoms with Crippen molar-refractivity contribution in [3.63, 3.8) is 0 Å². The summed E-state index contributed by atoms with van der Waals surface area (Å²) in [6.45, 7) is 5.26. The predicted molar refractivity (Wildman–Crippen MR) is 69.1 cm³/mol. The van der Waals surface area contributed by atoms with Crippen molar-refractivity contribution in [3.05, 3.63) is 29.8 Å². The van der Waals surface area contributed by atoms with Gasteiger partial charge in [-0.15, -0.1) is 0 Å². The van der Waals surface area contributed by atoms with Crippen molar-refractivity contribution in [1.82, 2.24) is 0 Å². The molecule has 0 bridgehead atoms. The van der Waals surface area contributed by atoms with Crippen molar-refractivity contribution in [2.45, 2.75) is 20.3 Å². The van der Waals surface area contributed by atoms with E-state index in [0.29, 0.717) is 0 Å². The van der Waals surface area contributed by atoms with Gasteiger partial charge in [0.2, 0.25) is 0 Å². The van der Waals surface area contributed by atoms with Gasteiger partial charge in [-0.1, -0.05) is 25.1 Å². The molecule has 0 unspecified atom stereocenters. The van der Waals surface area contributed by atoms with Crippen molar-refractivity contribution in [2.75, 3.05) is 24.2 Å². The van der Waals surface area contributed by atoms with E-state index in [1.54, 1.807) is 0 Å². The van der Waals surface area contributed by atoms with Crippen molar-refractivity contribution >= 4 is 17.5 Å². The molecule has 0 aromatic heterocycles. The fourth-order valence-electron chi connectivity index (χ4n) is 1.67. The molecule has 0 fully saturated rings. The molecule has 0 spiro atoms. The van der Waals surface area contributed by atoms with E-state index < -0.39 is 0 Å². The van der Waals surface area contributed by atoms with Crippen LogP contribution < -0.4 is 10.6 Å². The third kappa shape index (κ3) is 3.01. The highest BCUT2D eigenvalue weighted by molar-refractivity contribution is 5.71. The van der Waals surface area contributed by atoms with E-state index in [0.717, 1.165) is 18.7 Å². The zero-order valence-electron chi connectivity index (χ0n) is 9.83. The van der Waals surface area contributed by atoms with Crippen LogP contribution in [-0.2, 0) is 0 Å². The Morgan fingerprint density at radius 3 is 2.73 bits per heavy atom. The molecule has 0 saturated heterocycles. The molecule has 2 nitrogen and oxygen atoms in total. The van der Waals surface area contributed by atoms with Crippen molar-refractivity contribution in [3.8, 4) is 0 Å². The molecule has 0 aliphatic heterocycles. The lowest BCUT2D eigenvalue weighted by Crippen LogP contribution is -2.18. The summed E-state index contributed by atoms with van der Waals surface area (Å²) in [5, 5.41) is 0. The van der Waals surface area contributed by atoms with Crippen LogP contribution in [0.1, 0.15) is 25.8 Å². The molecule has 0 amide bonds. The van der Waals surface area contributed by atoms with Crippen LogP contribution in [0.2, 0.25) is 0 Å². The third-order valence-electron chi connectivity index (χ3n) is 2.37. The Hall–Kier alpha value is -1.44. The summed E-state index contributed by atoms with van der Waals surface area (Å²) >= 11 is 0. The molecule has 0 heterocycles. The standard InChI is InChI=1S/C13H20N2/c1-4-6-11-7-8-12(14)10-13(11)15(3)9-5-2/h4,6-8,10H,5,9,14H2,1-3H3/b6-4-. The van der Waals surface area contributed by atoms with Crippen LogP contribution in [0.4, 0.5) is 11.4 Å². The Bertz CT molecular complexity index is 342. The molecule has 1 rings (SSSR count). The number of allylic oxidation sites excluding steroid dienone is 1. The maximum absolute atomic E-state index is 5.81. The highest BCUT2D eigenvalue weighted by atomic mass is 15.1. The smallest absolute Gasteiger partial charge is 0.0457 e. The minimum atomic E-state index is 0.821. The minimum Gasteiger partial charge on any atom is -0.399 e. The first-order valence-electron chi connectivity index (χ1n) is 5.42.